The number of benzene rings is 1. The highest BCUT2D eigenvalue weighted by molar-refractivity contribution is 7.16. The third-order valence-electron chi connectivity index (χ3n) is 4.44. The van der Waals surface area contributed by atoms with E-state index in [1.54, 1.807) is 45.9 Å². The number of hydrogen-bond donors (Lipinski definition) is 2. The summed E-state index contributed by atoms with van der Waals surface area (Å²) in [4.78, 5) is 50.2. The maximum absolute atomic E-state index is 12.6. The number of imide groups is 1. The first-order valence-corrected chi connectivity index (χ1v) is 10.3. The SMILES string of the molecule is COc1ccccc1C(=O)NC(=O)COC(=O)c1c(NC(=O)C(C)(C)C)sc(C)c1C. The second kappa shape index (κ2) is 9.74. The minimum atomic E-state index is -0.783. The molecule has 166 valence electrons. The predicted molar refractivity (Wildman–Crippen MR) is 118 cm³/mol. The standard InChI is InChI=1S/C22H26N2O6S/c1-12-13(2)31-19(24-21(28)22(3,4)5)17(12)20(27)30-11-16(25)23-18(26)14-9-7-8-10-15(14)29-6/h7-10H,11H2,1-6H3,(H,24,28)(H,23,25,26). The molecular formula is C22H26N2O6S. The summed E-state index contributed by atoms with van der Waals surface area (Å²) in [7, 11) is 1.41. The highest BCUT2D eigenvalue weighted by Crippen LogP contribution is 2.34. The molecule has 8 nitrogen and oxygen atoms in total. The molecule has 0 atom stereocenters. The van der Waals surface area contributed by atoms with Crippen molar-refractivity contribution in [3.8, 4) is 5.75 Å². The molecule has 0 spiro atoms. The first kappa shape index (κ1) is 24.1. The fraction of sp³-hybridized carbons (Fsp3) is 0.364. The number of methoxy groups -OCH3 is 1. The molecule has 2 N–H and O–H groups in total. The molecule has 9 heteroatoms. The van der Waals surface area contributed by atoms with Gasteiger partial charge in [-0.05, 0) is 31.5 Å². The molecular weight excluding hydrogens is 420 g/mol. The van der Waals surface area contributed by atoms with E-state index in [9.17, 15) is 19.2 Å². The van der Waals surface area contributed by atoms with Crippen molar-refractivity contribution in [2.24, 2.45) is 5.41 Å². The van der Waals surface area contributed by atoms with E-state index in [-0.39, 0.29) is 17.0 Å². The van der Waals surface area contributed by atoms with Gasteiger partial charge in [0.05, 0.1) is 18.2 Å². The maximum atomic E-state index is 12.6. The molecule has 0 saturated carbocycles. The van der Waals surface area contributed by atoms with Crippen molar-refractivity contribution in [3.05, 3.63) is 45.8 Å². The van der Waals surface area contributed by atoms with E-state index >= 15 is 0 Å². The van der Waals surface area contributed by atoms with Gasteiger partial charge in [-0.2, -0.15) is 0 Å². The fourth-order valence-electron chi connectivity index (χ4n) is 2.52. The second-order valence-electron chi connectivity index (χ2n) is 7.85. The zero-order valence-electron chi connectivity index (χ0n) is 18.4. The number of rotatable bonds is 6. The van der Waals surface area contributed by atoms with Crippen LogP contribution in [0.3, 0.4) is 0 Å². The van der Waals surface area contributed by atoms with Crippen molar-refractivity contribution in [2.45, 2.75) is 34.6 Å². The Morgan fingerprint density at radius 2 is 1.71 bits per heavy atom. The monoisotopic (exact) mass is 446 g/mol. The largest absolute Gasteiger partial charge is 0.496 e. The molecule has 0 unspecified atom stereocenters. The van der Waals surface area contributed by atoms with E-state index < -0.39 is 29.8 Å². The lowest BCUT2D eigenvalue weighted by atomic mass is 9.96. The molecule has 0 saturated heterocycles. The first-order chi connectivity index (χ1) is 14.5. The number of carbonyl (C=O) groups is 4. The van der Waals surface area contributed by atoms with Crippen LogP contribution in [0.25, 0.3) is 0 Å². The number of para-hydroxylation sites is 1. The summed E-state index contributed by atoms with van der Waals surface area (Å²) in [5.74, 6) is -2.14. The number of thiophene rings is 1. The topological polar surface area (TPSA) is 111 Å². The first-order valence-electron chi connectivity index (χ1n) is 9.51. The molecule has 2 aromatic rings. The number of ether oxygens (including phenoxy) is 2. The summed E-state index contributed by atoms with van der Waals surface area (Å²) in [5.41, 5.74) is 0.390. The molecule has 0 aliphatic carbocycles. The molecule has 0 aliphatic rings. The molecule has 3 amide bonds. The van der Waals surface area contributed by atoms with Crippen LogP contribution in [0.2, 0.25) is 0 Å². The molecule has 0 radical (unpaired) electrons. The molecule has 1 aromatic heterocycles. The summed E-state index contributed by atoms with van der Waals surface area (Å²) in [6, 6.07) is 6.43. The van der Waals surface area contributed by atoms with Crippen LogP contribution in [-0.4, -0.2) is 37.4 Å². The van der Waals surface area contributed by atoms with E-state index in [1.165, 1.54) is 24.5 Å². The van der Waals surface area contributed by atoms with Crippen LogP contribution >= 0.6 is 11.3 Å². The Labute approximate surface area is 184 Å². The number of nitrogens with one attached hydrogen (secondary N) is 2. The maximum Gasteiger partial charge on any atom is 0.341 e. The number of anilines is 1. The van der Waals surface area contributed by atoms with Crippen molar-refractivity contribution in [2.75, 3.05) is 19.0 Å². The quantitative estimate of drug-likeness (QED) is 0.658. The molecule has 0 fully saturated rings. The van der Waals surface area contributed by atoms with Crippen LogP contribution < -0.4 is 15.4 Å². The van der Waals surface area contributed by atoms with Crippen LogP contribution in [0.1, 0.15) is 51.9 Å². The lowest BCUT2D eigenvalue weighted by molar-refractivity contribution is -0.124. The minimum Gasteiger partial charge on any atom is -0.496 e. The molecule has 0 bridgehead atoms. The molecule has 0 aliphatic heterocycles. The van der Waals surface area contributed by atoms with Crippen LogP contribution in [0.4, 0.5) is 5.00 Å². The highest BCUT2D eigenvalue weighted by atomic mass is 32.1. The van der Waals surface area contributed by atoms with Gasteiger partial charge in [-0.1, -0.05) is 32.9 Å². The third-order valence-corrected chi connectivity index (χ3v) is 5.56. The third kappa shape index (κ3) is 5.91. The summed E-state index contributed by atoms with van der Waals surface area (Å²) < 4.78 is 10.2. The van der Waals surface area contributed by atoms with Gasteiger partial charge in [0.25, 0.3) is 11.8 Å². The van der Waals surface area contributed by atoms with Crippen molar-refractivity contribution in [1.29, 1.82) is 0 Å². The van der Waals surface area contributed by atoms with Crippen molar-refractivity contribution >= 4 is 40.0 Å². The fourth-order valence-corrected chi connectivity index (χ4v) is 3.56. The number of amides is 3. The molecule has 2 rings (SSSR count). The summed E-state index contributed by atoms with van der Waals surface area (Å²) >= 11 is 1.26. The van der Waals surface area contributed by atoms with E-state index in [2.05, 4.69) is 10.6 Å². The van der Waals surface area contributed by atoms with E-state index in [0.29, 0.717) is 16.3 Å². The number of aryl methyl sites for hydroxylation is 1. The Hall–Kier alpha value is -3.20. The van der Waals surface area contributed by atoms with E-state index in [1.807, 2.05) is 6.92 Å². The second-order valence-corrected chi connectivity index (χ2v) is 9.07. The van der Waals surface area contributed by atoms with Gasteiger partial charge < -0.3 is 14.8 Å². The summed E-state index contributed by atoms with van der Waals surface area (Å²) in [5, 5.41) is 5.29. The van der Waals surface area contributed by atoms with Gasteiger partial charge in [-0.15, -0.1) is 11.3 Å². The van der Waals surface area contributed by atoms with E-state index in [0.717, 1.165) is 4.88 Å². The number of carbonyl (C=O) groups excluding carboxylic acids is 4. The van der Waals surface area contributed by atoms with Gasteiger partial charge >= 0.3 is 5.97 Å². The Kier molecular flexibility index (Phi) is 7.56. The van der Waals surface area contributed by atoms with Crippen molar-refractivity contribution in [3.63, 3.8) is 0 Å². The van der Waals surface area contributed by atoms with Crippen LogP contribution in [0.15, 0.2) is 24.3 Å². The Balaban J connectivity index is 2.06. The Morgan fingerprint density at radius 1 is 1.06 bits per heavy atom. The van der Waals surface area contributed by atoms with Crippen LogP contribution in [0.5, 0.6) is 5.75 Å². The lowest BCUT2D eigenvalue weighted by Crippen LogP contribution is -2.34. The highest BCUT2D eigenvalue weighted by Gasteiger charge is 2.27. The number of hydrogen-bond acceptors (Lipinski definition) is 7. The smallest absolute Gasteiger partial charge is 0.341 e. The molecule has 31 heavy (non-hydrogen) atoms. The lowest BCUT2D eigenvalue weighted by Gasteiger charge is -2.17. The van der Waals surface area contributed by atoms with Gasteiger partial charge in [0.15, 0.2) is 6.61 Å². The number of esters is 1. The normalized spacial score (nSPS) is 10.9. The van der Waals surface area contributed by atoms with Crippen LogP contribution in [0, 0.1) is 19.3 Å². The molecule has 1 heterocycles. The average molecular weight is 447 g/mol. The van der Waals surface area contributed by atoms with Crippen molar-refractivity contribution < 1.29 is 28.7 Å². The van der Waals surface area contributed by atoms with Crippen molar-refractivity contribution in [1.82, 2.24) is 5.32 Å². The zero-order valence-corrected chi connectivity index (χ0v) is 19.2. The van der Waals surface area contributed by atoms with Gasteiger partial charge in [-0.3, -0.25) is 19.7 Å². The molecule has 1 aromatic carbocycles. The summed E-state index contributed by atoms with van der Waals surface area (Å²) in [6.45, 7) is 8.19. The minimum absolute atomic E-state index is 0.182. The van der Waals surface area contributed by atoms with Crippen LogP contribution in [-0.2, 0) is 14.3 Å². The predicted octanol–water partition coefficient (Wildman–Crippen LogP) is 3.47. The zero-order chi connectivity index (χ0) is 23.3. The van der Waals surface area contributed by atoms with Gasteiger partial charge in [0.1, 0.15) is 10.8 Å². The average Bonchev–Trinajstić information content (AvgIpc) is 2.98. The Morgan fingerprint density at radius 3 is 2.32 bits per heavy atom. The Bertz CT molecular complexity index is 1020. The summed E-state index contributed by atoms with van der Waals surface area (Å²) in [6.07, 6.45) is 0. The van der Waals surface area contributed by atoms with Gasteiger partial charge in [-0.25, -0.2) is 4.79 Å². The van der Waals surface area contributed by atoms with Gasteiger partial charge in [0.2, 0.25) is 5.91 Å². The van der Waals surface area contributed by atoms with E-state index in [4.69, 9.17) is 9.47 Å². The van der Waals surface area contributed by atoms with Gasteiger partial charge in [0, 0.05) is 10.3 Å².